The molecule has 1 heterocycles. The first-order chi connectivity index (χ1) is 12.3. The van der Waals surface area contributed by atoms with Gasteiger partial charge in [0.15, 0.2) is 0 Å². The molecule has 4 saturated carbocycles. The van der Waals surface area contributed by atoms with Gasteiger partial charge in [0.25, 0.3) is 0 Å². The maximum absolute atomic E-state index is 13.2. The molecule has 2 atom stereocenters. The van der Waals surface area contributed by atoms with Crippen molar-refractivity contribution in [3.63, 3.8) is 0 Å². The van der Waals surface area contributed by atoms with Crippen LogP contribution in [0.3, 0.4) is 0 Å². The molecule has 0 spiro atoms. The predicted octanol–water partition coefficient (Wildman–Crippen LogP) is 2.56. The fourth-order valence-corrected chi connectivity index (χ4v) is 6.02. The van der Waals surface area contributed by atoms with Crippen molar-refractivity contribution < 1.29 is 9.59 Å². The maximum Gasteiger partial charge on any atom is 0.231 e. The first-order valence-corrected chi connectivity index (χ1v) is 9.53. The number of carbonyl (C=O) groups is 2. The van der Waals surface area contributed by atoms with Gasteiger partial charge in [-0.2, -0.15) is 0 Å². The summed E-state index contributed by atoms with van der Waals surface area (Å²) in [6.45, 7) is 1.58. The van der Waals surface area contributed by atoms with Gasteiger partial charge in [-0.05, 0) is 62.5 Å². The minimum Gasteiger partial charge on any atom is -0.376 e. The van der Waals surface area contributed by atoms with Crippen LogP contribution in [0.1, 0.15) is 45.4 Å². The lowest BCUT2D eigenvalue weighted by Crippen LogP contribution is -2.65. The van der Waals surface area contributed by atoms with E-state index in [2.05, 4.69) is 15.6 Å². The molecule has 0 aromatic carbocycles. The molecule has 0 saturated heterocycles. The van der Waals surface area contributed by atoms with E-state index in [-0.39, 0.29) is 22.8 Å². The van der Waals surface area contributed by atoms with Gasteiger partial charge in [0, 0.05) is 26.6 Å². The molecule has 26 heavy (non-hydrogen) atoms. The zero-order valence-electron chi connectivity index (χ0n) is 15.8. The van der Waals surface area contributed by atoms with E-state index in [1.54, 1.807) is 13.1 Å². The molecule has 4 fully saturated rings. The highest BCUT2D eigenvalue weighted by atomic mass is 16.2. The zero-order chi connectivity index (χ0) is 18.5. The summed E-state index contributed by atoms with van der Waals surface area (Å²) in [5.74, 6) is 1.77. The minimum absolute atomic E-state index is 0.0171. The van der Waals surface area contributed by atoms with Gasteiger partial charge in [-0.1, -0.05) is 0 Å². The van der Waals surface area contributed by atoms with E-state index >= 15 is 0 Å². The van der Waals surface area contributed by atoms with Crippen molar-refractivity contribution in [2.24, 2.45) is 17.3 Å². The molecule has 6 nitrogen and oxygen atoms in total. The smallest absolute Gasteiger partial charge is 0.231 e. The van der Waals surface area contributed by atoms with E-state index in [4.69, 9.17) is 0 Å². The maximum atomic E-state index is 13.2. The Bertz CT molecular complexity index is 714. The number of aromatic nitrogens is 1. The molecule has 0 radical (unpaired) electrons. The van der Waals surface area contributed by atoms with Gasteiger partial charge in [-0.25, -0.2) is 4.98 Å². The number of nitrogens with one attached hydrogen (secondary N) is 2. The van der Waals surface area contributed by atoms with Crippen LogP contribution in [0, 0.1) is 17.3 Å². The van der Waals surface area contributed by atoms with Gasteiger partial charge >= 0.3 is 0 Å². The van der Waals surface area contributed by atoms with Crippen molar-refractivity contribution in [1.29, 1.82) is 0 Å². The highest BCUT2D eigenvalue weighted by Gasteiger charge is 2.60. The van der Waals surface area contributed by atoms with Crippen LogP contribution >= 0.6 is 0 Å². The number of nitrogens with zero attached hydrogens (tertiary/aromatic N) is 2. The summed E-state index contributed by atoms with van der Waals surface area (Å²) >= 11 is 0. The lowest BCUT2D eigenvalue weighted by Gasteiger charge is -2.61. The van der Waals surface area contributed by atoms with E-state index in [1.165, 1.54) is 6.42 Å². The molecule has 5 rings (SSSR count). The molecule has 140 valence electrons. The first kappa shape index (κ1) is 17.3. The summed E-state index contributed by atoms with van der Waals surface area (Å²) in [4.78, 5) is 31.4. The van der Waals surface area contributed by atoms with E-state index in [0.29, 0.717) is 17.7 Å². The molecule has 0 aliphatic heterocycles. The topological polar surface area (TPSA) is 74.3 Å². The van der Waals surface area contributed by atoms with Gasteiger partial charge in [0.2, 0.25) is 11.8 Å². The van der Waals surface area contributed by atoms with E-state index < -0.39 is 0 Å². The Kier molecular flexibility index (Phi) is 3.97. The Morgan fingerprint density at radius 3 is 2.38 bits per heavy atom. The van der Waals surface area contributed by atoms with Crippen molar-refractivity contribution in [3.8, 4) is 0 Å². The first-order valence-electron chi connectivity index (χ1n) is 9.53. The monoisotopic (exact) mass is 356 g/mol. The normalized spacial score (nSPS) is 34.4. The van der Waals surface area contributed by atoms with E-state index in [0.717, 1.165) is 37.8 Å². The molecule has 6 heteroatoms. The SMILES string of the molecule is CC(=O)NC12CC3CC(C1)CC(C(=O)Nc1ccc(N(C)C)cn1)(C3)C2. The number of hydrogen-bond acceptors (Lipinski definition) is 4. The summed E-state index contributed by atoms with van der Waals surface area (Å²) in [5.41, 5.74) is 0.451. The highest BCUT2D eigenvalue weighted by Crippen LogP contribution is 2.61. The van der Waals surface area contributed by atoms with Crippen molar-refractivity contribution in [1.82, 2.24) is 10.3 Å². The highest BCUT2D eigenvalue weighted by molar-refractivity contribution is 5.95. The number of carbonyl (C=O) groups excluding carboxylic acids is 2. The third kappa shape index (κ3) is 2.95. The van der Waals surface area contributed by atoms with Crippen LogP contribution in [0.25, 0.3) is 0 Å². The van der Waals surface area contributed by atoms with Crippen LogP contribution in [0.15, 0.2) is 18.3 Å². The summed E-state index contributed by atoms with van der Waals surface area (Å²) in [6.07, 6.45) is 7.65. The second-order valence-corrected chi connectivity index (χ2v) is 8.95. The van der Waals surface area contributed by atoms with Crippen molar-refractivity contribution in [2.75, 3.05) is 24.3 Å². The number of amides is 2. The van der Waals surface area contributed by atoms with Crippen LogP contribution in [-0.4, -0.2) is 36.4 Å². The zero-order valence-corrected chi connectivity index (χ0v) is 15.8. The molecule has 4 aliphatic carbocycles. The lowest BCUT2D eigenvalue weighted by molar-refractivity contribution is -0.148. The van der Waals surface area contributed by atoms with Gasteiger partial charge < -0.3 is 15.5 Å². The molecule has 4 bridgehead atoms. The standard InChI is InChI=1S/C20H28N4O2/c1-13(25)23-20-9-14-6-15(10-20)8-19(7-14,12-20)18(26)22-17-5-4-16(11-21-17)24(2)3/h4-5,11,14-15H,6-10,12H2,1-3H3,(H,23,25)(H,21,22,26). The Morgan fingerprint density at radius 2 is 1.85 bits per heavy atom. The quantitative estimate of drug-likeness (QED) is 0.869. The van der Waals surface area contributed by atoms with Crippen molar-refractivity contribution in [2.45, 2.75) is 51.0 Å². The summed E-state index contributed by atoms with van der Waals surface area (Å²) < 4.78 is 0. The van der Waals surface area contributed by atoms with Gasteiger partial charge in [-0.15, -0.1) is 0 Å². The van der Waals surface area contributed by atoms with E-state index in [1.807, 2.05) is 31.1 Å². The molecular formula is C20H28N4O2. The number of anilines is 2. The van der Waals surface area contributed by atoms with Gasteiger partial charge in [0.1, 0.15) is 5.82 Å². The second kappa shape index (κ2) is 5.96. The fourth-order valence-electron chi connectivity index (χ4n) is 6.02. The number of hydrogen-bond donors (Lipinski definition) is 2. The molecule has 2 amide bonds. The molecule has 2 unspecified atom stereocenters. The Labute approximate surface area is 154 Å². The Hall–Kier alpha value is -2.11. The molecule has 1 aromatic rings. The van der Waals surface area contributed by atoms with Crippen molar-refractivity contribution in [3.05, 3.63) is 18.3 Å². The average molecular weight is 356 g/mol. The van der Waals surface area contributed by atoms with Crippen LogP contribution < -0.4 is 15.5 Å². The van der Waals surface area contributed by atoms with Crippen molar-refractivity contribution >= 4 is 23.3 Å². The summed E-state index contributed by atoms with van der Waals surface area (Å²) in [7, 11) is 3.93. The Balaban J connectivity index is 1.54. The average Bonchev–Trinajstić information content (AvgIpc) is 2.52. The largest absolute Gasteiger partial charge is 0.376 e. The lowest BCUT2D eigenvalue weighted by atomic mass is 9.46. The van der Waals surface area contributed by atoms with Crippen LogP contribution in [0.2, 0.25) is 0 Å². The fraction of sp³-hybridized carbons (Fsp3) is 0.650. The van der Waals surface area contributed by atoms with Crippen LogP contribution in [0.4, 0.5) is 11.5 Å². The van der Waals surface area contributed by atoms with E-state index in [9.17, 15) is 9.59 Å². The Morgan fingerprint density at radius 1 is 1.15 bits per heavy atom. The number of pyridine rings is 1. The molecule has 2 N–H and O–H groups in total. The van der Waals surface area contributed by atoms with Gasteiger partial charge in [0.05, 0.1) is 17.3 Å². The van der Waals surface area contributed by atoms with Gasteiger partial charge in [-0.3, -0.25) is 9.59 Å². The second-order valence-electron chi connectivity index (χ2n) is 8.95. The molecular weight excluding hydrogens is 328 g/mol. The predicted molar refractivity (Wildman–Crippen MR) is 101 cm³/mol. The third-order valence-corrected chi connectivity index (χ3v) is 6.49. The summed E-state index contributed by atoms with van der Waals surface area (Å²) in [5, 5.41) is 6.27. The third-order valence-electron chi connectivity index (χ3n) is 6.49. The van der Waals surface area contributed by atoms with Crippen LogP contribution in [0.5, 0.6) is 0 Å². The molecule has 4 aliphatic rings. The minimum atomic E-state index is -0.367. The van der Waals surface area contributed by atoms with Crippen LogP contribution in [-0.2, 0) is 9.59 Å². The molecule has 1 aromatic heterocycles. The number of rotatable bonds is 4. The summed E-state index contributed by atoms with van der Waals surface area (Å²) in [6, 6.07) is 3.82.